The van der Waals surface area contributed by atoms with E-state index < -0.39 is 0 Å². The fourth-order valence-electron chi connectivity index (χ4n) is 2.91. The molecule has 1 aliphatic rings. The number of aliphatic imine (C=N–C) groups is 1. The lowest BCUT2D eigenvalue weighted by Crippen LogP contribution is -2.45. The highest BCUT2D eigenvalue weighted by molar-refractivity contribution is 14.0. The minimum atomic E-state index is 0. The summed E-state index contributed by atoms with van der Waals surface area (Å²) >= 11 is 5.90. The first-order valence-corrected chi connectivity index (χ1v) is 9.07. The van der Waals surface area contributed by atoms with E-state index in [9.17, 15) is 0 Å². The monoisotopic (exact) mass is 489 g/mol. The van der Waals surface area contributed by atoms with E-state index >= 15 is 0 Å². The number of hydrogen-bond donors (Lipinski definition) is 1. The molecule has 1 N–H and O–H groups in total. The van der Waals surface area contributed by atoms with Crippen molar-refractivity contribution in [2.75, 3.05) is 26.7 Å². The van der Waals surface area contributed by atoms with Crippen molar-refractivity contribution in [1.29, 1.82) is 0 Å². The van der Waals surface area contributed by atoms with Gasteiger partial charge >= 0.3 is 0 Å². The molecule has 0 atom stereocenters. The van der Waals surface area contributed by atoms with Crippen molar-refractivity contribution in [2.45, 2.75) is 26.2 Å². The lowest BCUT2D eigenvalue weighted by molar-refractivity contribution is 0.273. The number of likely N-dealkylation sites (tertiary alicyclic amines) is 1. The van der Waals surface area contributed by atoms with Crippen LogP contribution in [0.3, 0.4) is 0 Å². The van der Waals surface area contributed by atoms with Gasteiger partial charge in [-0.2, -0.15) is 4.98 Å². The molecule has 2 aromatic rings. The first-order valence-electron chi connectivity index (χ1n) is 8.70. The Bertz CT molecular complexity index is 711. The van der Waals surface area contributed by atoms with Crippen LogP contribution in [-0.2, 0) is 6.42 Å². The van der Waals surface area contributed by atoms with Gasteiger partial charge in [0, 0.05) is 43.7 Å². The molecule has 1 saturated heterocycles. The van der Waals surface area contributed by atoms with Gasteiger partial charge in [0.2, 0.25) is 11.7 Å². The van der Waals surface area contributed by atoms with Gasteiger partial charge < -0.3 is 14.7 Å². The molecule has 1 fully saturated rings. The van der Waals surface area contributed by atoms with Crippen LogP contribution in [0.2, 0.25) is 5.02 Å². The van der Waals surface area contributed by atoms with Gasteiger partial charge in [-0.05, 0) is 43.0 Å². The minimum absolute atomic E-state index is 0. The molecule has 0 aliphatic carbocycles. The van der Waals surface area contributed by atoms with Crippen molar-refractivity contribution < 1.29 is 4.52 Å². The number of piperidine rings is 1. The second-order valence-corrected chi connectivity index (χ2v) is 6.85. The van der Waals surface area contributed by atoms with Crippen LogP contribution in [0.4, 0.5) is 0 Å². The summed E-state index contributed by atoms with van der Waals surface area (Å²) in [6, 6.07) is 7.40. The molecule has 1 aromatic heterocycles. The van der Waals surface area contributed by atoms with Crippen molar-refractivity contribution in [2.24, 2.45) is 10.9 Å². The molecule has 1 aromatic carbocycles. The Balaban J connectivity index is 0.00000243. The highest BCUT2D eigenvalue weighted by Gasteiger charge is 2.18. The van der Waals surface area contributed by atoms with Crippen LogP contribution in [0.25, 0.3) is 11.4 Å². The molecule has 1 aliphatic heterocycles. The van der Waals surface area contributed by atoms with Gasteiger partial charge in [-0.25, -0.2) is 0 Å². The highest BCUT2D eigenvalue weighted by Crippen LogP contribution is 2.19. The molecule has 0 spiro atoms. The first-order chi connectivity index (χ1) is 12.2. The Morgan fingerprint density at radius 3 is 2.65 bits per heavy atom. The topological polar surface area (TPSA) is 66.5 Å². The molecule has 0 saturated carbocycles. The summed E-state index contributed by atoms with van der Waals surface area (Å²) in [7, 11) is 1.83. The zero-order chi connectivity index (χ0) is 17.6. The van der Waals surface area contributed by atoms with Gasteiger partial charge in [-0.15, -0.1) is 24.0 Å². The van der Waals surface area contributed by atoms with Crippen molar-refractivity contribution in [3.63, 3.8) is 0 Å². The molecule has 3 rings (SSSR count). The average molecular weight is 490 g/mol. The number of nitrogens with zero attached hydrogens (tertiary/aromatic N) is 4. The third kappa shape index (κ3) is 5.57. The maximum absolute atomic E-state index is 5.90. The van der Waals surface area contributed by atoms with Gasteiger partial charge in [0.15, 0.2) is 5.96 Å². The first kappa shape index (κ1) is 21.0. The molecule has 26 heavy (non-hydrogen) atoms. The fraction of sp³-hybridized carbons (Fsp3) is 0.500. The largest absolute Gasteiger partial charge is 0.356 e. The second kappa shape index (κ2) is 10.1. The average Bonchev–Trinajstić information content (AvgIpc) is 3.09. The van der Waals surface area contributed by atoms with Crippen LogP contribution in [0.15, 0.2) is 33.8 Å². The molecule has 6 nitrogen and oxygen atoms in total. The predicted octanol–water partition coefficient (Wildman–Crippen LogP) is 3.86. The number of rotatable bonds is 4. The lowest BCUT2D eigenvalue weighted by atomic mass is 10.00. The normalized spacial score (nSPS) is 15.7. The van der Waals surface area contributed by atoms with E-state index in [1.54, 1.807) is 0 Å². The van der Waals surface area contributed by atoms with Crippen LogP contribution in [0, 0.1) is 5.92 Å². The number of guanidine groups is 1. The van der Waals surface area contributed by atoms with E-state index in [0.717, 1.165) is 30.5 Å². The van der Waals surface area contributed by atoms with E-state index in [2.05, 4.69) is 32.3 Å². The number of hydrogen-bond acceptors (Lipinski definition) is 4. The minimum Gasteiger partial charge on any atom is -0.356 e. The molecule has 142 valence electrons. The van der Waals surface area contributed by atoms with E-state index in [1.807, 2.05) is 31.3 Å². The van der Waals surface area contributed by atoms with Gasteiger partial charge in [0.25, 0.3) is 0 Å². The molecule has 0 bridgehead atoms. The Hall–Kier alpha value is -1.35. The Morgan fingerprint density at radius 2 is 2.00 bits per heavy atom. The van der Waals surface area contributed by atoms with E-state index in [4.69, 9.17) is 16.1 Å². The van der Waals surface area contributed by atoms with Gasteiger partial charge in [-0.1, -0.05) is 23.7 Å². The van der Waals surface area contributed by atoms with Crippen LogP contribution < -0.4 is 5.32 Å². The molecular formula is C18H25ClIN5O. The third-order valence-corrected chi connectivity index (χ3v) is 4.74. The van der Waals surface area contributed by atoms with Gasteiger partial charge in [-0.3, -0.25) is 4.99 Å². The predicted molar refractivity (Wildman–Crippen MR) is 115 cm³/mol. The quantitative estimate of drug-likeness (QED) is 0.401. The Labute approximate surface area is 176 Å². The summed E-state index contributed by atoms with van der Waals surface area (Å²) in [5, 5.41) is 8.11. The highest BCUT2D eigenvalue weighted by atomic mass is 127. The summed E-state index contributed by atoms with van der Waals surface area (Å²) in [6.07, 6.45) is 3.09. The van der Waals surface area contributed by atoms with Gasteiger partial charge in [0.05, 0.1) is 0 Å². The summed E-state index contributed by atoms with van der Waals surface area (Å²) < 4.78 is 5.34. The SMILES string of the molecule is CN=C(NCCc1nc(-c2ccc(Cl)cc2)no1)N1CCC(C)CC1.I. The van der Waals surface area contributed by atoms with Crippen molar-refractivity contribution >= 4 is 41.5 Å². The lowest BCUT2D eigenvalue weighted by Gasteiger charge is -2.32. The Morgan fingerprint density at radius 1 is 1.31 bits per heavy atom. The second-order valence-electron chi connectivity index (χ2n) is 6.41. The summed E-state index contributed by atoms with van der Waals surface area (Å²) in [5.41, 5.74) is 0.894. The van der Waals surface area contributed by atoms with E-state index in [0.29, 0.717) is 29.7 Å². The maximum Gasteiger partial charge on any atom is 0.228 e. The van der Waals surface area contributed by atoms with Gasteiger partial charge in [0.1, 0.15) is 0 Å². The summed E-state index contributed by atoms with van der Waals surface area (Å²) in [6.45, 7) is 5.13. The Kier molecular flexibility index (Phi) is 8.15. The number of nitrogens with one attached hydrogen (secondary N) is 1. The van der Waals surface area contributed by atoms with Crippen LogP contribution in [-0.4, -0.2) is 47.7 Å². The zero-order valence-corrected chi connectivity index (χ0v) is 18.2. The number of halogens is 2. The molecule has 2 heterocycles. The summed E-state index contributed by atoms with van der Waals surface area (Å²) in [4.78, 5) is 11.1. The maximum atomic E-state index is 5.90. The third-order valence-electron chi connectivity index (χ3n) is 4.49. The smallest absolute Gasteiger partial charge is 0.228 e. The van der Waals surface area contributed by atoms with Crippen LogP contribution in [0.1, 0.15) is 25.7 Å². The van der Waals surface area contributed by atoms with Crippen LogP contribution in [0.5, 0.6) is 0 Å². The van der Waals surface area contributed by atoms with Crippen molar-refractivity contribution in [1.82, 2.24) is 20.4 Å². The van der Waals surface area contributed by atoms with E-state index in [1.165, 1.54) is 12.8 Å². The summed E-state index contributed by atoms with van der Waals surface area (Å²) in [5.74, 6) is 2.95. The number of aromatic nitrogens is 2. The van der Waals surface area contributed by atoms with E-state index in [-0.39, 0.29) is 24.0 Å². The standard InChI is InChI=1S/C18H24ClN5O.HI/c1-13-8-11-24(12-9-13)18(20-2)21-10-7-16-22-17(23-25-16)14-3-5-15(19)6-4-14;/h3-6,13H,7-12H2,1-2H3,(H,20,21);1H. The molecule has 8 heteroatoms. The number of benzene rings is 1. The van der Waals surface area contributed by atoms with Crippen molar-refractivity contribution in [3.05, 3.63) is 35.2 Å². The molecule has 0 unspecified atom stereocenters. The molecular weight excluding hydrogens is 465 g/mol. The molecule has 0 radical (unpaired) electrons. The fourth-order valence-corrected chi connectivity index (χ4v) is 3.03. The zero-order valence-electron chi connectivity index (χ0n) is 15.1. The van der Waals surface area contributed by atoms with Crippen molar-refractivity contribution in [3.8, 4) is 11.4 Å². The van der Waals surface area contributed by atoms with Crippen LogP contribution >= 0.6 is 35.6 Å². The molecule has 0 amide bonds.